The number of pyridine rings is 1. The van der Waals surface area contributed by atoms with Crippen LogP contribution in [0.4, 0.5) is 0 Å². The third-order valence-corrected chi connectivity index (χ3v) is 5.21. The minimum absolute atomic E-state index is 0.308. The Bertz CT molecular complexity index is 649. The van der Waals surface area contributed by atoms with E-state index in [0.29, 0.717) is 10.4 Å². The van der Waals surface area contributed by atoms with Crippen LogP contribution in [0.3, 0.4) is 0 Å². The van der Waals surface area contributed by atoms with Gasteiger partial charge in [0.15, 0.2) is 9.84 Å². The predicted octanol–water partition coefficient (Wildman–Crippen LogP) is 2.81. The third kappa shape index (κ3) is 1.93. The molecule has 90 valence electrons. The third-order valence-electron chi connectivity index (χ3n) is 2.69. The SMILES string of the molecule is CC(C)(C)S(=O)(=O)c1cccc2cccnc12. The van der Waals surface area contributed by atoms with E-state index in [1.807, 2.05) is 12.1 Å². The fourth-order valence-electron chi connectivity index (χ4n) is 1.62. The zero-order chi connectivity index (χ0) is 12.7. The first kappa shape index (κ1) is 12.0. The molecular weight excluding hydrogens is 234 g/mol. The molecule has 3 nitrogen and oxygen atoms in total. The number of hydrogen-bond acceptors (Lipinski definition) is 3. The Morgan fingerprint density at radius 1 is 1.06 bits per heavy atom. The van der Waals surface area contributed by atoms with Crippen molar-refractivity contribution in [2.45, 2.75) is 30.4 Å². The Morgan fingerprint density at radius 3 is 2.35 bits per heavy atom. The van der Waals surface area contributed by atoms with Crippen LogP contribution in [0.15, 0.2) is 41.4 Å². The summed E-state index contributed by atoms with van der Waals surface area (Å²) in [5, 5.41) is 0.845. The number of nitrogens with zero attached hydrogens (tertiary/aromatic N) is 1. The maximum absolute atomic E-state index is 12.4. The quantitative estimate of drug-likeness (QED) is 0.780. The van der Waals surface area contributed by atoms with Gasteiger partial charge in [-0.15, -0.1) is 0 Å². The molecule has 0 aliphatic rings. The molecule has 0 bridgehead atoms. The first-order chi connectivity index (χ1) is 7.84. The molecule has 0 aliphatic heterocycles. The Balaban J connectivity index is 2.82. The molecule has 2 rings (SSSR count). The normalized spacial score (nSPS) is 12.9. The van der Waals surface area contributed by atoms with Crippen LogP contribution in [0.5, 0.6) is 0 Å². The van der Waals surface area contributed by atoms with Gasteiger partial charge in [0.25, 0.3) is 0 Å². The second-order valence-electron chi connectivity index (χ2n) is 4.95. The van der Waals surface area contributed by atoms with Gasteiger partial charge in [-0.1, -0.05) is 18.2 Å². The number of hydrogen-bond donors (Lipinski definition) is 0. The summed E-state index contributed by atoms with van der Waals surface area (Å²) >= 11 is 0. The molecule has 0 fully saturated rings. The van der Waals surface area contributed by atoms with Gasteiger partial charge in [-0.3, -0.25) is 4.98 Å². The molecule has 0 saturated carbocycles. The largest absolute Gasteiger partial charge is 0.255 e. The summed E-state index contributed by atoms with van der Waals surface area (Å²) in [6.45, 7) is 5.10. The van der Waals surface area contributed by atoms with Crippen molar-refractivity contribution in [2.24, 2.45) is 0 Å². The number of sulfone groups is 1. The average molecular weight is 249 g/mol. The number of aromatic nitrogens is 1. The summed E-state index contributed by atoms with van der Waals surface area (Å²) in [4.78, 5) is 4.49. The highest BCUT2D eigenvalue weighted by Crippen LogP contribution is 2.29. The molecule has 0 radical (unpaired) electrons. The van der Waals surface area contributed by atoms with Crippen LogP contribution in [0.25, 0.3) is 10.9 Å². The van der Waals surface area contributed by atoms with E-state index in [9.17, 15) is 8.42 Å². The van der Waals surface area contributed by atoms with Crippen LogP contribution in [0.2, 0.25) is 0 Å². The van der Waals surface area contributed by atoms with Crippen molar-refractivity contribution in [3.8, 4) is 0 Å². The summed E-state index contributed by atoms with van der Waals surface area (Å²) < 4.78 is 24.0. The van der Waals surface area contributed by atoms with E-state index in [0.717, 1.165) is 5.39 Å². The van der Waals surface area contributed by atoms with Crippen LogP contribution in [-0.2, 0) is 9.84 Å². The van der Waals surface area contributed by atoms with E-state index in [1.54, 1.807) is 45.2 Å². The van der Waals surface area contributed by atoms with Crippen molar-refractivity contribution in [1.29, 1.82) is 0 Å². The first-order valence-corrected chi connectivity index (χ1v) is 6.91. The van der Waals surface area contributed by atoms with Gasteiger partial charge in [-0.05, 0) is 32.9 Å². The van der Waals surface area contributed by atoms with E-state index in [-0.39, 0.29) is 0 Å². The van der Waals surface area contributed by atoms with Crippen LogP contribution < -0.4 is 0 Å². The maximum atomic E-state index is 12.4. The van der Waals surface area contributed by atoms with Gasteiger partial charge < -0.3 is 0 Å². The second-order valence-corrected chi connectivity index (χ2v) is 7.62. The smallest absolute Gasteiger partial charge is 0.185 e. The molecule has 17 heavy (non-hydrogen) atoms. The van der Waals surface area contributed by atoms with Crippen molar-refractivity contribution >= 4 is 20.7 Å². The molecule has 1 heterocycles. The van der Waals surface area contributed by atoms with Gasteiger partial charge >= 0.3 is 0 Å². The van der Waals surface area contributed by atoms with Gasteiger partial charge in [0.05, 0.1) is 15.2 Å². The number of para-hydroxylation sites is 1. The lowest BCUT2D eigenvalue weighted by atomic mass is 10.2. The molecule has 1 aromatic carbocycles. The van der Waals surface area contributed by atoms with Crippen molar-refractivity contribution in [3.63, 3.8) is 0 Å². The van der Waals surface area contributed by atoms with Crippen LogP contribution in [0.1, 0.15) is 20.8 Å². The summed E-state index contributed by atoms with van der Waals surface area (Å²) in [7, 11) is -3.37. The molecular formula is C13H15NO2S. The fraction of sp³-hybridized carbons (Fsp3) is 0.308. The lowest BCUT2D eigenvalue weighted by molar-refractivity contribution is 0.561. The van der Waals surface area contributed by atoms with Crippen LogP contribution in [-0.4, -0.2) is 18.1 Å². The minimum atomic E-state index is -3.37. The maximum Gasteiger partial charge on any atom is 0.185 e. The summed E-state index contributed by atoms with van der Waals surface area (Å²) in [6.07, 6.45) is 1.62. The standard InChI is InChI=1S/C13H15NO2S/c1-13(2,3)17(15,16)11-8-4-6-10-7-5-9-14-12(10)11/h4-9H,1-3H3. The summed E-state index contributed by atoms with van der Waals surface area (Å²) in [5.74, 6) is 0. The molecule has 2 aromatic rings. The molecule has 0 N–H and O–H groups in total. The number of rotatable bonds is 1. The van der Waals surface area contributed by atoms with Gasteiger partial charge in [0, 0.05) is 11.6 Å². The number of fused-ring (bicyclic) bond motifs is 1. The van der Waals surface area contributed by atoms with Gasteiger partial charge in [0.2, 0.25) is 0 Å². The Labute approximate surface area is 101 Å². The molecule has 0 spiro atoms. The average Bonchev–Trinajstić information content (AvgIpc) is 2.26. The van der Waals surface area contributed by atoms with E-state index in [1.165, 1.54) is 0 Å². The van der Waals surface area contributed by atoms with Crippen molar-refractivity contribution in [2.75, 3.05) is 0 Å². The predicted molar refractivity (Wildman–Crippen MR) is 68.7 cm³/mol. The van der Waals surface area contributed by atoms with Gasteiger partial charge in [-0.25, -0.2) is 8.42 Å². The highest BCUT2D eigenvalue weighted by Gasteiger charge is 2.32. The van der Waals surface area contributed by atoms with Crippen molar-refractivity contribution in [1.82, 2.24) is 4.98 Å². The summed E-state index contributed by atoms with van der Waals surface area (Å²) in [5.41, 5.74) is 0.546. The molecule has 4 heteroatoms. The van der Waals surface area contributed by atoms with Gasteiger partial charge in [0.1, 0.15) is 0 Å². The molecule has 1 aromatic heterocycles. The zero-order valence-corrected chi connectivity index (χ0v) is 11.0. The van der Waals surface area contributed by atoms with Crippen molar-refractivity contribution < 1.29 is 8.42 Å². The van der Waals surface area contributed by atoms with Crippen LogP contribution in [0, 0.1) is 0 Å². The highest BCUT2D eigenvalue weighted by atomic mass is 32.2. The van der Waals surface area contributed by atoms with E-state index in [4.69, 9.17) is 0 Å². The monoisotopic (exact) mass is 249 g/mol. The topological polar surface area (TPSA) is 47.0 Å². The molecule has 0 aliphatic carbocycles. The Hall–Kier alpha value is -1.42. The minimum Gasteiger partial charge on any atom is -0.255 e. The van der Waals surface area contributed by atoms with E-state index < -0.39 is 14.6 Å². The first-order valence-electron chi connectivity index (χ1n) is 5.42. The van der Waals surface area contributed by atoms with Gasteiger partial charge in [-0.2, -0.15) is 0 Å². The summed E-state index contributed by atoms with van der Waals surface area (Å²) in [6, 6.07) is 8.91. The molecule has 0 atom stereocenters. The molecule has 0 unspecified atom stereocenters. The Kier molecular flexibility index (Phi) is 2.70. The lowest BCUT2D eigenvalue weighted by Crippen LogP contribution is -2.28. The highest BCUT2D eigenvalue weighted by molar-refractivity contribution is 7.93. The van der Waals surface area contributed by atoms with E-state index >= 15 is 0 Å². The second kappa shape index (κ2) is 3.81. The fourth-order valence-corrected chi connectivity index (χ4v) is 2.97. The Morgan fingerprint density at radius 2 is 1.71 bits per heavy atom. The van der Waals surface area contributed by atoms with E-state index in [2.05, 4.69) is 4.98 Å². The lowest BCUT2D eigenvalue weighted by Gasteiger charge is -2.19. The van der Waals surface area contributed by atoms with Crippen LogP contribution >= 0.6 is 0 Å². The number of benzene rings is 1. The molecule has 0 saturated heterocycles. The zero-order valence-electron chi connectivity index (χ0n) is 10.1. The molecule has 0 amide bonds. The van der Waals surface area contributed by atoms with Crippen molar-refractivity contribution in [3.05, 3.63) is 36.5 Å².